The molecule has 1 aromatic rings. The Balaban J connectivity index is 2.04. The predicted molar refractivity (Wildman–Crippen MR) is 59.5 cm³/mol. The van der Waals surface area contributed by atoms with Crippen molar-refractivity contribution in [1.82, 2.24) is 0 Å². The molecule has 2 rings (SSSR count). The highest BCUT2D eigenvalue weighted by Gasteiger charge is 2.21. The first-order chi connectivity index (χ1) is 7.65. The van der Waals surface area contributed by atoms with Crippen LogP contribution in [0.25, 0.3) is 0 Å². The number of halogens is 1. The standard InChI is InChI=1S/C12H14FNO2/c13-10-5-6-14(8-10)11-3-1-9(2-4-11)7-12(15)16/h1-4,10H,5-8H2,(H,15,16)/t10-/m0/s1. The molecule has 1 N–H and O–H groups in total. The van der Waals surface area contributed by atoms with E-state index in [2.05, 4.69) is 0 Å². The first kappa shape index (κ1) is 10.9. The minimum absolute atomic E-state index is 0.0337. The lowest BCUT2D eigenvalue weighted by Crippen LogP contribution is -2.19. The van der Waals surface area contributed by atoms with Gasteiger partial charge >= 0.3 is 5.97 Å². The van der Waals surface area contributed by atoms with Gasteiger partial charge in [-0.1, -0.05) is 12.1 Å². The van der Waals surface area contributed by atoms with E-state index in [1.165, 1.54) is 0 Å². The molecule has 0 amide bonds. The van der Waals surface area contributed by atoms with Crippen molar-refractivity contribution in [2.45, 2.75) is 19.0 Å². The molecule has 1 saturated heterocycles. The molecule has 86 valence electrons. The number of anilines is 1. The van der Waals surface area contributed by atoms with Crippen LogP contribution in [0, 0.1) is 0 Å². The molecule has 3 nitrogen and oxygen atoms in total. The molecule has 0 bridgehead atoms. The van der Waals surface area contributed by atoms with E-state index in [1.807, 2.05) is 17.0 Å². The summed E-state index contributed by atoms with van der Waals surface area (Å²) in [6.07, 6.45) is -0.123. The second kappa shape index (κ2) is 4.51. The molecule has 0 aromatic heterocycles. The van der Waals surface area contributed by atoms with Crippen LogP contribution in [0.4, 0.5) is 10.1 Å². The van der Waals surface area contributed by atoms with Gasteiger partial charge in [0, 0.05) is 18.8 Å². The number of rotatable bonds is 3. The van der Waals surface area contributed by atoms with Crippen LogP contribution in [0.3, 0.4) is 0 Å². The van der Waals surface area contributed by atoms with Crippen LogP contribution in [0.15, 0.2) is 24.3 Å². The minimum atomic E-state index is -0.835. The number of hydrogen-bond donors (Lipinski definition) is 1. The largest absolute Gasteiger partial charge is 0.481 e. The highest BCUT2D eigenvalue weighted by Crippen LogP contribution is 2.22. The fourth-order valence-corrected chi connectivity index (χ4v) is 1.95. The van der Waals surface area contributed by atoms with Crippen molar-refractivity contribution in [2.24, 2.45) is 0 Å². The molecule has 1 aromatic carbocycles. The monoisotopic (exact) mass is 223 g/mol. The molecule has 1 aliphatic heterocycles. The summed E-state index contributed by atoms with van der Waals surface area (Å²) in [6, 6.07) is 7.29. The van der Waals surface area contributed by atoms with E-state index in [1.54, 1.807) is 12.1 Å². The average Bonchev–Trinajstić information content (AvgIpc) is 2.65. The molecular weight excluding hydrogens is 209 g/mol. The Morgan fingerprint density at radius 2 is 2.12 bits per heavy atom. The van der Waals surface area contributed by atoms with Crippen LogP contribution < -0.4 is 4.90 Å². The van der Waals surface area contributed by atoms with E-state index in [9.17, 15) is 9.18 Å². The Kier molecular flexibility index (Phi) is 3.08. The normalized spacial score (nSPS) is 20.1. The highest BCUT2D eigenvalue weighted by molar-refractivity contribution is 5.70. The lowest BCUT2D eigenvalue weighted by Gasteiger charge is -2.17. The number of carboxylic acid groups (broad SMARTS) is 1. The zero-order chi connectivity index (χ0) is 11.5. The van der Waals surface area contributed by atoms with E-state index >= 15 is 0 Å². The summed E-state index contributed by atoms with van der Waals surface area (Å²) >= 11 is 0. The van der Waals surface area contributed by atoms with Gasteiger partial charge in [0.25, 0.3) is 0 Å². The van der Waals surface area contributed by atoms with Gasteiger partial charge in [0.15, 0.2) is 0 Å². The topological polar surface area (TPSA) is 40.5 Å². The van der Waals surface area contributed by atoms with Gasteiger partial charge in [-0.15, -0.1) is 0 Å². The maximum absolute atomic E-state index is 13.0. The van der Waals surface area contributed by atoms with Crippen LogP contribution >= 0.6 is 0 Å². The Labute approximate surface area is 93.5 Å². The maximum atomic E-state index is 13.0. The summed E-state index contributed by atoms with van der Waals surface area (Å²) in [5.74, 6) is -0.835. The SMILES string of the molecule is O=C(O)Cc1ccc(N2CC[C@H](F)C2)cc1. The molecule has 1 aliphatic rings. The highest BCUT2D eigenvalue weighted by atomic mass is 19.1. The number of carbonyl (C=O) groups is 1. The molecule has 16 heavy (non-hydrogen) atoms. The summed E-state index contributed by atoms with van der Waals surface area (Å²) in [5, 5.41) is 8.62. The summed E-state index contributed by atoms with van der Waals surface area (Å²) < 4.78 is 13.0. The minimum Gasteiger partial charge on any atom is -0.481 e. The van der Waals surface area contributed by atoms with Crippen LogP contribution in [0.5, 0.6) is 0 Å². The average molecular weight is 223 g/mol. The quantitative estimate of drug-likeness (QED) is 0.850. The van der Waals surface area contributed by atoms with Crippen molar-refractivity contribution >= 4 is 11.7 Å². The van der Waals surface area contributed by atoms with E-state index in [4.69, 9.17) is 5.11 Å². The Morgan fingerprint density at radius 3 is 2.62 bits per heavy atom. The van der Waals surface area contributed by atoms with E-state index in [0.29, 0.717) is 13.0 Å². The van der Waals surface area contributed by atoms with Gasteiger partial charge in [0.1, 0.15) is 6.17 Å². The predicted octanol–water partition coefficient (Wildman–Crippen LogP) is 1.86. The fourth-order valence-electron chi connectivity index (χ4n) is 1.95. The third-order valence-electron chi connectivity index (χ3n) is 2.79. The van der Waals surface area contributed by atoms with Crippen LogP contribution in [0.1, 0.15) is 12.0 Å². The Hall–Kier alpha value is -1.58. The van der Waals surface area contributed by atoms with Crippen molar-refractivity contribution in [2.75, 3.05) is 18.0 Å². The number of carboxylic acids is 1. The molecule has 0 radical (unpaired) electrons. The van der Waals surface area contributed by atoms with Gasteiger partial charge in [-0.25, -0.2) is 4.39 Å². The Bertz CT molecular complexity index is 377. The second-order valence-electron chi connectivity index (χ2n) is 4.07. The summed E-state index contributed by atoms with van der Waals surface area (Å²) in [6.45, 7) is 1.18. The first-order valence-electron chi connectivity index (χ1n) is 5.35. The van der Waals surface area contributed by atoms with Crippen LogP contribution in [-0.4, -0.2) is 30.3 Å². The van der Waals surface area contributed by atoms with E-state index in [-0.39, 0.29) is 6.42 Å². The van der Waals surface area contributed by atoms with E-state index < -0.39 is 12.1 Å². The van der Waals surface area contributed by atoms with Crippen molar-refractivity contribution in [3.8, 4) is 0 Å². The number of benzene rings is 1. The van der Waals surface area contributed by atoms with Crippen LogP contribution in [-0.2, 0) is 11.2 Å². The molecule has 0 aliphatic carbocycles. The van der Waals surface area contributed by atoms with Crippen molar-refractivity contribution < 1.29 is 14.3 Å². The van der Waals surface area contributed by atoms with E-state index in [0.717, 1.165) is 17.8 Å². The first-order valence-corrected chi connectivity index (χ1v) is 5.35. The zero-order valence-electron chi connectivity index (χ0n) is 8.90. The number of nitrogens with zero attached hydrogens (tertiary/aromatic N) is 1. The molecule has 1 atom stereocenters. The zero-order valence-corrected chi connectivity index (χ0v) is 8.90. The smallest absolute Gasteiger partial charge is 0.307 e. The third kappa shape index (κ3) is 2.51. The number of alkyl halides is 1. The molecule has 0 spiro atoms. The van der Waals surface area contributed by atoms with Crippen molar-refractivity contribution in [3.05, 3.63) is 29.8 Å². The lowest BCUT2D eigenvalue weighted by molar-refractivity contribution is -0.136. The third-order valence-corrected chi connectivity index (χ3v) is 2.79. The molecule has 1 fully saturated rings. The van der Waals surface area contributed by atoms with Crippen LogP contribution in [0.2, 0.25) is 0 Å². The molecule has 1 heterocycles. The summed E-state index contributed by atoms with van der Waals surface area (Å²) in [7, 11) is 0. The van der Waals surface area contributed by atoms with Gasteiger partial charge in [-0.05, 0) is 24.1 Å². The molecule has 0 saturated carbocycles. The van der Waals surface area contributed by atoms with Gasteiger partial charge in [-0.3, -0.25) is 4.79 Å². The summed E-state index contributed by atoms with van der Waals surface area (Å²) in [4.78, 5) is 12.5. The number of aliphatic carboxylic acids is 1. The maximum Gasteiger partial charge on any atom is 0.307 e. The summed E-state index contributed by atoms with van der Waals surface area (Å²) in [5.41, 5.74) is 1.74. The van der Waals surface area contributed by atoms with Crippen molar-refractivity contribution in [3.63, 3.8) is 0 Å². The Morgan fingerprint density at radius 1 is 1.44 bits per heavy atom. The fraction of sp³-hybridized carbons (Fsp3) is 0.417. The number of hydrogen-bond acceptors (Lipinski definition) is 2. The van der Waals surface area contributed by atoms with Crippen molar-refractivity contribution in [1.29, 1.82) is 0 Å². The second-order valence-corrected chi connectivity index (χ2v) is 4.07. The van der Waals surface area contributed by atoms with Gasteiger partial charge in [0.2, 0.25) is 0 Å². The van der Waals surface area contributed by atoms with Gasteiger partial charge < -0.3 is 10.0 Å². The molecule has 0 unspecified atom stereocenters. The van der Waals surface area contributed by atoms with Gasteiger partial charge in [-0.2, -0.15) is 0 Å². The van der Waals surface area contributed by atoms with Gasteiger partial charge in [0.05, 0.1) is 6.42 Å². The molecule has 4 heteroatoms. The lowest BCUT2D eigenvalue weighted by atomic mass is 10.1. The molecular formula is C12H14FNO2.